The van der Waals surface area contributed by atoms with Crippen molar-refractivity contribution in [2.75, 3.05) is 0 Å². The summed E-state index contributed by atoms with van der Waals surface area (Å²) in [4.78, 5) is 0. The summed E-state index contributed by atoms with van der Waals surface area (Å²) in [6.45, 7) is 11.4. The van der Waals surface area contributed by atoms with E-state index in [-0.39, 0.29) is 0 Å². The van der Waals surface area contributed by atoms with Crippen molar-refractivity contribution in [2.45, 2.75) is 38.2 Å². The minimum atomic E-state index is -0.665. The molecule has 0 fully saturated rings. The van der Waals surface area contributed by atoms with E-state index < -0.39 is 23.2 Å². The second kappa shape index (κ2) is 6.74. The first-order valence-corrected chi connectivity index (χ1v) is 10.9. The van der Waals surface area contributed by atoms with Crippen LogP contribution in [0.1, 0.15) is 49.4 Å². The van der Waals surface area contributed by atoms with E-state index in [2.05, 4.69) is 83.2 Å². The molecule has 0 spiro atoms. The van der Waals surface area contributed by atoms with E-state index in [4.69, 9.17) is 0 Å². The molecular formula is C22H24Zr. The Balaban J connectivity index is 2.03. The number of fused-ring (bicyclic) bond motifs is 3. The van der Waals surface area contributed by atoms with Gasteiger partial charge in [0.25, 0.3) is 0 Å². The summed E-state index contributed by atoms with van der Waals surface area (Å²) in [7, 11) is 0. The third kappa shape index (κ3) is 3.09. The van der Waals surface area contributed by atoms with Gasteiger partial charge in [0, 0.05) is 0 Å². The predicted molar refractivity (Wildman–Crippen MR) is 98.1 cm³/mol. The first kappa shape index (κ1) is 16.7. The Morgan fingerprint density at radius 2 is 1.78 bits per heavy atom. The molecular weight excluding hydrogens is 355 g/mol. The molecule has 0 N–H and O–H groups in total. The van der Waals surface area contributed by atoms with Crippen molar-refractivity contribution in [1.82, 2.24) is 0 Å². The fraction of sp³-hybridized carbons (Fsp3) is 0.273. The van der Waals surface area contributed by atoms with Crippen LogP contribution in [0.4, 0.5) is 0 Å². The van der Waals surface area contributed by atoms with Crippen molar-refractivity contribution in [1.29, 1.82) is 0 Å². The van der Waals surface area contributed by atoms with Crippen LogP contribution in [0, 0.1) is 0 Å². The maximum absolute atomic E-state index is 2.44. The van der Waals surface area contributed by atoms with Gasteiger partial charge in [0.2, 0.25) is 0 Å². The molecule has 1 aliphatic carbocycles. The second-order valence-electron chi connectivity index (χ2n) is 6.48. The van der Waals surface area contributed by atoms with Crippen LogP contribution < -0.4 is 0 Å². The van der Waals surface area contributed by atoms with Crippen LogP contribution in [-0.4, -0.2) is 0 Å². The molecule has 0 heterocycles. The standard InChI is InChI=1S/C14H11.C8H13.Zr/c1-10-8-12-7-6-11-4-2-3-5-13(11)14(12)9-10;1-5-7(3)8(4)6-2;/h2-9H,1H3;5H,1-4H3;. The van der Waals surface area contributed by atoms with Gasteiger partial charge in [-0.2, -0.15) is 0 Å². The van der Waals surface area contributed by atoms with Crippen LogP contribution in [0.3, 0.4) is 0 Å². The van der Waals surface area contributed by atoms with Crippen molar-refractivity contribution in [3.05, 3.63) is 73.6 Å². The van der Waals surface area contributed by atoms with E-state index in [1.807, 2.05) is 0 Å². The second-order valence-corrected chi connectivity index (χ2v) is 10.4. The Labute approximate surface area is 151 Å². The molecule has 0 aliphatic heterocycles. The summed E-state index contributed by atoms with van der Waals surface area (Å²) < 4.78 is 2.36. The molecule has 3 rings (SSSR count). The Morgan fingerprint density at radius 3 is 2.52 bits per heavy atom. The molecule has 0 saturated carbocycles. The minimum absolute atomic E-state index is 0.665. The van der Waals surface area contributed by atoms with Crippen molar-refractivity contribution >= 4 is 16.8 Å². The van der Waals surface area contributed by atoms with E-state index in [0.717, 1.165) is 0 Å². The summed E-state index contributed by atoms with van der Waals surface area (Å²) in [5, 5.41) is 2.77. The normalized spacial score (nSPS) is 18.6. The summed E-state index contributed by atoms with van der Waals surface area (Å²) >= 11 is -0.665. The van der Waals surface area contributed by atoms with E-state index in [9.17, 15) is 0 Å². The van der Waals surface area contributed by atoms with Gasteiger partial charge in [0.05, 0.1) is 0 Å². The van der Waals surface area contributed by atoms with Crippen molar-refractivity contribution < 1.29 is 23.2 Å². The SMILES string of the molecule is CC=C(C)C(C)=[C](C)[Zr][CH]1C(C)=Cc2c1ccc1ccccc21. The maximum atomic E-state index is 2.44. The van der Waals surface area contributed by atoms with Gasteiger partial charge in [-0.25, -0.2) is 0 Å². The summed E-state index contributed by atoms with van der Waals surface area (Å²) in [5.41, 5.74) is 7.55. The molecule has 1 aliphatic rings. The molecule has 0 amide bonds. The van der Waals surface area contributed by atoms with Crippen LogP contribution in [0.25, 0.3) is 16.8 Å². The molecule has 0 saturated heterocycles. The average molecular weight is 380 g/mol. The molecule has 0 nitrogen and oxygen atoms in total. The predicted octanol–water partition coefficient (Wildman–Crippen LogP) is 6.64. The fourth-order valence-electron chi connectivity index (χ4n) is 3.31. The first-order valence-electron chi connectivity index (χ1n) is 8.30. The van der Waals surface area contributed by atoms with Gasteiger partial charge in [0.1, 0.15) is 0 Å². The van der Waals surface area contributed by atoms with E-state index in [1.54, 1.807) is 14.4 Å². The monoisotopic (exact) mass is 378 g/mol. The van der Waals surface area contributed by atoms with Crippen LogP contribution >= 0.6 is 0 Å². The third-order valence-electron chi connectivity index (χ3n) is 5.09. The Morgan fingerprint density at radius 1 is 1.04 bits per heavy atom. The zero-order valence-corrected chi connectivity index (χ0v) is 17.2. The Hall–Kier alpha value is -1.20. The molecule has 0 radical (unpaired) electrons. The molecule has 2 aromatic rings. The number of hydrogen-bond acceptors (Lipinski definition) is 0. The van der Waals surface area contributed by atoms with Gasteiger partial charge in [-0.3, -0.25) is 0 Å². The van der Waals surface area contributed by atoms with Crippen LogP contribution in [0.5, 0.6) is 0 Å². The summed E-state index contributed by atoms with van der Waals surface area (Å²) in [5.74, 6) is 0. The van der Waals surface area contributed by atoms with Gasteiger partial charge >= 0.3 is 152 Å². The summed E-state index contributed by atoms with van der Waals surface area (Å²) in [6, 6.07) is 13.5. The Bertz CT molecular complexity index is 849. The molecule has 1 atom stereocenters. The number of hydrogen-bond donors (Lipinski definition) is 0. The molecule has 116 valence electrons. The zero-order valence-electron chi connectivity index (χ0n) is 14.7. The average Bonchev–Trinajstić information content (AvgIpc) is 2.89. The van der Waals surface area contributed by atoms with E-state index >= 15 is 0 Å². The van der Waals surface area contributed by atoms with Gasteiger partial charge in [0.15, 0.2) is 0 Å². The van der Waals surface area contributed by atoms with Crippen LogP contribution in [0.15, 0.2) is 62.5 Å². The van der Waals surface area contributed by atoms with Gasteiger partial charge < -0.3 is 0 Å². The molecule has 23 heavy (non-hydrogen) atoms. The number of rotatable bonds is 3. The van der Waals surface area contributed by atoms with Gasteiger partial charge in [-0.1, -0.05) is 0 Å². The first-order chi connectivity index (χ1) is 11.0. The molecule has 0 bridgehead atoms. The van der Waals surface area contributed by atoms with Crippen LogP contribution in [-0.2, 0) is 23.2 Å². The zero-order chi connectivity index (χ0) is 16.6. The molecule has 1 unspecified atom stereocenters. The van der Waals surface area contributed by atoms with Crippen molar-refractivity contribution in [3.8, 4) is 0 Å². The fourth-order valence-corrected chi connectivity index (χ4v) is 7.16. The van der Waals surface area contributed by atoms with Gasteiger partial charge in [-0.15, -0.1) is 0 Å². The molecule has 1 heteroatoms. The summed E-state index contributed by atoms with van der Waals surface area (Å²) in [6.07, 6.45) is 4.67. The van der Waals surface area contributed by atoms with E-state index in [0.29, 0.717) is 3.63 Å². The third-order valence-corrected chi connectivity index (χ3v) is 9.67. The van der Waals surface area contributed by atoms with Crippen molar-refractivity contribution in [2.24, 2.45) is 0 Å². The molecule has 0 aromatic heterocycles. The molecule has 2 aromatic carbocycles. The topological polar surface area (TPSA) is 0 Å². The van der Waals surface area contributed by atoms with E-state index in [1.165, 1.54) is 27.5 Å². The van der Waals surface area contributed by atoms with Gasteiger partial charge in [-0.05, 0) is 0 Å². The number of benzene rings is 2. The Kier molecular flexibility index (Phi) is 4.88. The van der Waals surface area contributed by atoms with Crippen LogP contribution in [0.2, 0.25) is 0 Å². The quantitative estimate of drug-likeness (QED) is 0.524. The number of allylic oxidation sites excluding steroid dienone is 5. The van der Waals surface area contributed by atoms with Crippen molar-refractivity contribution in [3.63, 3.8) is 0 Å².